The van der Waals surface area contributed by atoms with Gasteiger partial charge in [-0.05, 0) is 44.5 Å². The number of carbonyl (C=O) groups is 3. The van der Waals surface area contributed by atoms with Crippen LogP contribution in [0.15, 0.2) is 24.3 Å². The van der Waals surface area contributed by atoms with Crippen molar-refractivity contribution in [1.29, 1.82) is 0 Å². The summed E-state index contributed by atoms with van der Waals surface area (Å²) in [5.41, 5.74) is 1.04. The van der Waals surface area contributed by atoms with E-state index in [0.717, 1.165) is 17.8 Å². The molecule has 2 heterocycles. The first-order chi connectivity index (χ1) is 14.8. The number of benzene rings is 1. The Balaban J connectivity index is 1.56. The first kappa shape index (κ1) is 22.9. The molecule has 0 spiro atoms. The summed E-state index contributed by atoms with van der Waals surface area (Å²) in [6.45, 7) is 8.54. The number of aromatic nitrogens is 2. The van der Waals surface area contributed by atoms with Crippen LogP contribution in [-0.2, 0) is 9.59 Å². The molecule has 3 rings (SSSR count). The van der Waals surface area contributed by atoms with Crippen LogP contribution in [0.2, 0.25) is 0 Å². The van der Waals surface area contributed by atoms with Crippen LogP contribution in [0.4, 0.5) is 10.8 Å². The number of nitrogens with zero attached hydrogens (tertiary/aromatic N) is 3. The fourth-order valence-electron chi connectivity index (χ4n) is 3.57. The van der Waals surface area contributed by atoms with Crippen molar-refractivity contribution in [2.75, 3.05) is 17.2 Å². The van der Waals surface area contributed by atoms with Gasteiger partial charge in [0.05, 0.1) is 5.92 Å². The number of likely N-dealkylation sites (tertiary alicyclic amines) is 1. The van der Waals surface area contributed by atoms with E-state index in [-0.39, 0.29) is 36.1 Å². The standard InChI is InChI=1S/C22H29N5O3S/c1-5-6-14(4)21-25-26-22(31-21)24-19(29)15-7-9-17(10-8-15)23-20(30)16-11-18(28)27(12-16)13(2)3/h7-10,13-14,16H,5-6,11-12H2,1-4H3,(H,23,30)(H,24,26,29). The highest BCUT2D eigenvalue weighted by Crippen LogP contribution is 2.27. The molecule has 0 aliphatic carbocycles. The van der Waals surface area contributed by atoms with Crippen molar-refractivity contribution in [3.05, 3.63) is 34.8 Å². The van der Waals surface area contributed by atoms with Crippen molar-refractivity contribution >= 4 is 39.9 Å². The molecule has 8 nitrogen and oxygen atoms in total. The molecular formula is C22H29N5O3S. The average molecular weight is 444 g/mol. The number of carbonyl (C=O) groups excluding carboxylic acids is 3. The van der Waals surface area contributed by atoms with E-state index in [1.807, 2.05) is 13.8 Å². The average Bonchev–Trinajstić information content (AvgIpc) is 3.35. The lowest BCUT2D eigenvalue weighted by Crippen LogP contribution is -2.33. The third kappa shape index (κ3) is 5.66. The summed E-state index contributed by atoms with van der Waals surface area (Å²) >= 11 is 1.39. The molecule has 9 heteroatoms. The van der Waals surface area contributed by atoms with E-state index in [1.54, 1.807) is 29.2 Å². The van der Waals surface area contributed by atoms with Gasteiger partial charge in [0.2, 0.25) is 16.9 Å². The molecule has 2 atom stereocenters. The van der Waals surface area contributed by atoms with Crippen molar-refractivity contribution in [3.63, 3.8) is 0 Å². The summed E-state index contributed by atoms with van der Waals surface area (Å²) in [6.07, 6.45) is 2.32. The maximum Gasteiger partial charge on any atom is 0.257 e. The second kappa shape index (κ2) is 10.00. The Morgan fingerprint density at radius 1 is 1.16 bits per heavy atom. The summed E-state index contributed by atoms with van der Waals surface area (Å²) in [4.78, 5) is 38.7. The van der Waals surface area contributed by atoms with Crippen molar-refractivity contribution in [2.24, 2.45) is 5.92 Å². The van der Waals surface area contributed by atoms with Gasteiger partial charge in [-0.3, -0.25) is 19.7 Å². The van der Waals surface area contributed by atoms with Crippen molar-refractivity contribution in [3.8, 4) is 0 Å². The number of hydrogen-bond donors (Lipinski definition) is 2. The molecule has 0 saturated carbocycles. The first-order valence-corrected chi connectivity index (χ1v) is 11.4. The zero-order valence-corrected chi connectivity index (χ0v) is 19.2. The van der Waals surface area contributed by atoms with E-state index in [1.165, 1.54) is 11.3 Å². The third-order valence-electron chi connectivity index (χ3n) is 5.37. The van der Waals surface area contributed by atoms with E-state index >= 15 is 0 Å². The highest BCUT2D eigenvalue weighted by atomic mass is 32.1. The molecule has 1 fully saturated rings. The smallest absolute Gasteiger partial charge is 0.257 e. The van der Waals surface area contributed by atoms with Crippen LogP contribution in [0, 0.1) is 5.92 Å². The predicted octanol–water partition coefficient (Wildman–Crippen LogP) is 3.89. The molecular weight excluding hydrogens is 414 g/mol. The van der Waals surface area contributed by atoms with Crippen LogP contribution in [0.25, 0.3) is 0 Å². The Morgan fingerprint density at radius 3 is 2.48 bits per heavy atom. The van der Waals surface area contributed by atoms with Gasteiger partial charge in [-0.2, -0.15) is 0 Å². The summed E-state index contributed by atoms with van der Waals surface area (Å²) in [5.74, 6) is -0.501. The largest absolute Gasteiger partial charge is 0.339 e. The molecule has 1 aromatic heterocycles. The van der Waals surface area contributed by atoms with E-state index < -0.39 is 0 Å². The van der Waals surface area contributed by atoms with E-state index in [0.29, 0.717) is 28.8 Å². The number of nitrogens with one attached hydrogen (secondary N) is 2. The Hall–Kier alpha value is -2.81. The quantitative estimate of drug-likeness (QED) is 0.644. The highest BCUT2D eigenvalue weighted by Gasteiger charge is 2.35. The van der Waals surface area contributed by atoms with Gasteiger partial charge in [0.25, 0.3) is 5.91 Å². The molecule has 166 valence electrons. The van der Waals surface area contributed by atoms with Crippen LogP contribution < -0.4 is 10.6 Å². The third-order valence-corrected chi connectivity index (χ3v) is 6.44. The van der Waals surface area contributed by atoms with Crippen LogP contribution in [0.5, 0.6) is 0 Å². The first-order valence-electron chi connectivity index (χ1n) is 10.6. The number of anilines is 2. The minimum absolute atomic E-state index is 0.00564. The van der Waals surface area contributed by atoms with Gasteiger partial charge >= 0.3 is 0 Å². The van der Waals surface area contributed by atoms with Crippen LogP contribution in [0.1, 0.15) is 68.2 Å². The molecule has 2 aromatic rings. The predicted molar refractivity (Wildman–Crippen MR) is 121 cm³/mol. The molecule has 2 unspecified atom stereocenters. The molecule has 0 bridgehead atoms. The van der Waals surface area contributed by atoms with Gasteiger partial charge in [-0.15, -0.1) is 10.2 Å². The zero-order valence-electron chi connectivity index (χ0n) is 18.3. The fraction of sp³-hybridized carbons (Fsp3) is 0.500. The topological polar surface area (TPSA) is 104 Å². The molecule has 1 aromatic carbocycles. The van der Waals surface area contributed by atoms with Gasteiger partial charge in [-0.25, -0.2) is 0 Å². The molecule has 1 aliphatic heterocycles. The van der Waals surface area contributed by atoms with Gasteiger partial charge in [0.1, 0.15) is 5.01 Å². The summed E-state index contributed by atoms with van der Waals surface area (Å²) < 4.78 is 0. The monoisotopic (exact) mass is 443 g/mol. The normalized spacial score (nSPS) is 17.1. The SMILES string of the molecule is CCCC(C)c1nnc(NC(=O)c2ccc(NC(=O)C3CC(=O)N(C(C)C)C3)cc2)s1. The van der Waals surface area contributed by atoms with Crippen molar-refractivity contribution in [1.82, 2.24) is 15.1 Å². The van der Waals surface area contributed by atoms with Crippen LogP contribution in [-0.4, -0.2) is 45.4 Å². The minimum atomic E-state index is -0.362. The summed E-state index contributed by atoms with van der Waals surface area (Å²) in [6, 6.07) is 6.74. The minimum Gasteiger partial charge on any atom is -0.339 e. The van der Waals surface area contributed by atoms with Gasteiger partial charge in [0.15, 0.2) is 0 Å². The fourth-order valence-corrected chi connectivity index (χ4v) is 4.39. The molecule has 2 N–H and O–H groups in total. The van der Waals surface area contributed by atoms with Gasteiger partial charge in [-0.1, -0.05) is 31.6 Å². The Bertz CT molecular complexity index is 941. The highest BCUT2D eigenvalue weighted by molar-refractivity contribution is 7.15. The van der Waals surface area contributed by atoms with E-state index in [9.17, 15) is 14.4 Å². The molecule has 3 amide bonds. The maximum absolute atomic E-state index is 12.5. The van der Waals surface area contributed by atoms with Crippen molar-refractivity contribution in [2.45, 2.75) is 58.9 Å². The lowest BCUT2D eigenvalue weighted by Gasteiger charge is -2.20. The van der Waals surface area contributed by atoms with Gasteiger partial charge in [0, 0.05) is 36.2 Å². The Morgan fingerprint density at radius 2 is 1.87 bits per heavy atom. The Kier molecular flexibility index (Phi) is 7.37. The number of rotatable bonds is 8. The number of hydrogen-bond acceptors (Lipinski definition) is 6. The number of amides is 3. The van der Waals surface area contributed by atoms with E-state index in [4.69, 9.17) is 0 Å². The van der Waals surface area contributed by atoms with Crippen LogP contribution in [0.3, 0.4) is 0 Å². The Labute approximate surface area is 186 Å². The maximum atomic E-state index is 12.5. The lowest BCUT2D eigenvalue weighted by atomic mass is 10.1. The van der Waals surface area contributed by atoms with Gasteiger partial charge < -0.3 is 10.2 Å². The second-order valence-corrected chi connectivity index (χ2v) is 9.21. The zero-order chi connectivity index (χ0) is 22.5. The summed E-state index contributed by atoms with van der Waals surface area (Å²) in [7, 11) is 0. The van der Waals surface area contributed by atoms with Crippen molar-refractivity contribution < 1.29 is 14.4 Å². The molecule has 31 heavy (non-hydrogen) atoms. The lowest BCUT2D eigenvalue weighted by molar-refractivity contribution is -0.129. The summed E-state index contributed by atoms with van der Waals surface area (Å²) in [5, 5.41) is 15.2. The second-order valence-electron chi connectivity index (χ2n) is 8.20. The molecule has 0 radical (unpaired) electrons. The molecule has 1 aliphatic rings. The molecule has 1 saturated heterocycles. The van der Waals surface area contributed by atoms with Crippen LogP contribution >= 0.6 is 11.3 Å². The van der Waals surface area contributed by atoms with E-state index in [2.05, 4.69) is 34.7 Å².